The van der Waals surface area contributed by atoms with Gasteiger partial charge in [-0.2, -0.15) is 0 Å². The zero-order valence-corrected chi connectivity index (χ0v) is 14.7. The van der Waals surface area contributed by atoms with Crippen LogP contribution < -0.4 is 16.4 Å². The Morgan fingerprint density at radius 2 is 1.83 bits per heavy atom. The molecule has 4 N–H and O–H groups in total. The van der Waals surface area contributed by atoms with Gasteiger partial charge in [-0.25, -0.2) is 4.79 Å². The van der Waals surface area contributed by atoms with Gasteiger partial charge in [-0.15, -0.1) is 0 Å². The highest BCUT2D eigenvalue weighted by molar-refractivity contribution is 5.85. The lowest BCUT2D eigenvalue weighted by atomic mass is 10.0. The van der Waals surface area contributed by atoms with Crippen molar-refractivity contribution in [3.8, 4) is 0 Å². The minimum absolute atomic E-state index is 0.174. The molecule has 134 valence electrons. The topological polar surface area (TPSA) is 93.4 Å². The highest BCUT2D eigenvalue weighted by atomic mass is 16.5. The third-order valence-corrected chi connectivity index (χ3v) is 3.56. The summed E-state index contributed by atoms with van der Waals surface area (Å²) < 4.78 is 5.19. The van der Waals surface area contributed by atoms with E-state index < -0.39 is 12.1 Å². The van der Waals surface area contributed by atoms with Crippen LogP contribution in [0.5, 0.6) is 0 Å². The number of amides is 2. The number of nitrogens with two attached hydrogens (primary N) is 1. The van der Waals surface area contributed by atoms with Crippen LogP contribution in [0.4, 0.5) is 4.79 Å². The first kappa shape index (κ1) is 20.0. The third kappa shape index (κ3) is 7.97. The zero-order chi connectivity index (χ0) is 17.9. The Morgan fingerprint density at radius 1 is 1.17 bits per heavy atom. The van der Waals surface area contributed by atoms with Crippen molar-refractivity contribution in [1.29, 1.82) is 0 Å². The number of benzene rings is 1. The number of hydrogen-bond donors (Lipinski definition) is 3. The van der Waals surface area contributed by atoms with Crippen LogP contribution in [0.1, 0.15) is 32.8 Å². The molecule has 0 radical (unpaired) electrons. The van der Waals surface area contributed by atoms with E-state index in [1.165, 1.54) is 0 Å². The van der Waals surface area contributed by atoms with Gasteiger partial charge in [-0.1, -0.05) is 51.1 Å². The van der Waals surface area contributed by atoms with Crippen molar-refractivity contribution in [2.45, 2.75) is 39.8 Å². The van der Waals surface area contributed by atoms with Gasteiger partial charge in [-0.3, -0.25) is 4.79 Å². The standard InChI is InChI=1S/C18H29N3O3/c1-13(2)9-16(17(22)20-11-14(3)10-19)21-18(23)24-12-15-7-5-4-6-8-15/h4-8,13-14,16H,9-12,19H2,1-3H3,(H,20,22)(H,21,23). The highest BCUT2D eigenvalue weighted by Crippen LogP contribution is 2.07. The van der Waals surface area contributed by atoms with Gasteiger partial charge < -0.3 is 21.1 Å². The average Bonchev–Trinajstić information content (AvgIpc) is 2.57. The molecule has 2 atom stereocenters. The summed E-state index contributed by atoms with van der Waals surface area (Å²) in [5.41, 5.74) is 6.45. The molecule has 0 aliphatic heterocycles. The van der Waals surface area contributed by atoms with Crippen LogP contribution in [0.3, 0.4) is 0 Å². The minimum Gasteiger partial charge on any atom is -0.445 e. The molecule has 24 heavy (non-hydrogen) atoms. The molecule has 1 aromatic carbocycles. The van der Waals surface area contributed by atoms with Crippen molar-refractivity contribution in [3.63, 3.8) is 0 Å². The third-order valence-electron chi connectivity index (χ3n) is 3.56. The number of carbonyl (C=O) groups excluding carboxylic acids is 2. The molecule has 0 aliphatic carbocycles. The molecular formula is C18H29N3O3. The van der Waals surface area contributed by atoms with Crippen molar-refractivity contribution < 1.29 is 14.3 Å². The summed E-state index contributed by atoms with van der Waals surface area (Å²) in [6, 6.07) is 8.79. The van der Waals surface area contributed by atoms with E-state index in [-0.39, 0.29) is 24.3 Å². The number of nitrogens with one attached hydrogen (secondary N) is 2. The molecule has 2 unspecified atom stereocenters. The van der Waals surface area contributed by atoms with Crippen LogP contribution in [0.2, 0.25) is 0 Å². The van der Waals surface area contributed by atoms with Gasteiger partial charge in [-0.05, 0) is 30.4 Å². The summed E-state index contributed by atoms with van der Waals surface area (Å²) in [7, 11) is 0. The zero-order valence-electron chi connectivity index (χ0n) is 14.7. The Kier molecular flexibility index (Phi) is 8.86. The largest absolute Gasteiger partial charge is 0.445 e. The van der Waals surface area contributed by atoms with E-state index in [0.29, 0.717) is 19.5 Å². The molecular weight excluding hydrogens is 306 g/mol. The lowest BCUT2D eigenvalue weighted by molar-refractivity contribution is -0.123. The van der Waals surface area contributed by atoms with E-state index in [0.717, 1.165) is 5.56 Å². The number of alkyl carbamates (subject to hydrolysis) is 1. The maximum absolute atomic E-state index is 12.3. The van der Waals surface area contributed by atoms with Crippen molar-refractivity contribution in [1.82, 2.24) is 10.6 Å². The predicted molar refractivity (Wildman–Crippen MR) is 94.2 cm³/mol. The van der Waals surface area contributed by atoms with Crippen LogP contribution in [0.15, 0.2) is 30.3 Å². The van der Waals surface area contributed by atoms with Gasteiger partial charge in [0.05, 0.1) is 0 Å². The van der Waals surface area contributed by atoms with E-state index in [2.05, 4.69) is 10.6 Å². The monoisotopic (exact) mass is 335 g/mol. The van der Waals surface area contributed by atoms with Crippen LogP contribution in [-0.2, 0) is 16.1 Å². The first-order valence-corrected chi connectivity index (χ1v) is 8.37. The van der Waals surface area contributed by atoms with Gasteiger partial charge in [0.25, 0.3) is 0 Å². The van der Waals surface area contributed by atoms with Crippen LogP contribution in [-0.4, -0.2) is 31.1 Å². The van der Waals surface area contributed by atoms with E-state index in [1.807, 2.05) is 51.1 Å². The number of carbonyl (C=O) groups is 2. The summed E-state index contributed by atoms with van der Waals surface area (Å²) >= 11 is 0. The van der Waals surface area contributed by atoms with Crippen molar-refractivity contribution in [2.24, 2.45) is 17.6 Å². The summed E-state index contributed by atoms with van der Waals surface area (Å²) in [4.78, 5) is 24.3. The second-order valence-electron chi connectivity index (χ2n) is 6.47. The van der Waals surface area contributed by atoms with E-state index >= 15 is 0 Å². The van der Waals surface area contributed by atoms with E-state index in [4.69, 9.17) is 10.5 Å². The van der Waals surface area contributed by atoms with Gasteiger partial charge in [0.15, 0.2) is 0 Å². The molecule has 2 amide bonds. The van der Waals surface area contributed by atoms with Crippen molar-refractivity contribution >= 4 is 12.0 Å². The fourth-order valence-corrected chi connectivity index (χ4v) is 2.09. The van der Waals surface area contributed by atoms with Gasteiger partial charge in [0.2, 0.25) is 5.91 Å². The number of hydrogen-bond acceptors (Lipinski definition) is 4. The summed E-state index contributed by atoms with van der Waals surface area (Å²) in [6.07, 6.45) is -0.0463. The Hall–Kier alpha value is -2.08. The van der Waals surface area contributed by atoms with Gasteiger partial charge in [0, 0.05) is 6.54 Å². The van der Waals surface area contributed by atoms with Crippen LogP contribution in [0.25, 0.3) is 0 Å². The minimum atomic E-state index is -0.613. The first-order valence-electron chi connectivity index (χ1n) is 8.37. The quantitative estimate of drug-likeness (QED) is 0.644. The molecule has 0 aromatic heterocycles. The molecule has 6 heteroatoms. The van der Waals surface area contributed by atoms with Gasteiger partial charge >= 0.3 is 6.09 Å². The van der Waals surface area contributed by atoms with Crippen molar-refractivity contribution in [3.05, 3.63) is 35.9 Å². The Bertz CT molecular complexity index is 505. The van der Waals surface area contributed by atoms with Crippen molar-refractivity contribution in [2.75, 3.05) is 13.1 Å². The molecule has 0 saturated heterocycles. The average molecular weight is 335 g/mol. The fourth-order valence-electron chi connectivity index (χ4n) is 2.09. The number of ether oxygens (including phenoxy) is 1. The van der Waals surface area contributed by atoms with Crippen LogP contribution >= 0.6 is 0 Å². The normalized spacial score (nSPS) is 13.2. The maximum atomic E-state index is 12.3. The number of rotatable bonds is 9. The molecule has 1 aromatic rings. The first-order chi connectivity index (χ1) is 11.4. The fraction of sp³-hybridized carbons (Fsp3) is 0.556. The molecule has 1 rings (SSSR count). The molecule has 0 saturated carbocycles. The molecule has 6 nitrogen and oxygen atoms in total. The van der Waals surface area contributed by atoms with E-state index in [9.17, 15) is 9.59 Å². The summed E-state index contributed by atoms with van der Waals surface area (Å²) in [6.45, 7) is 7.12. The second kappa shape index (κ2) is 10.6. The molecule has 0 fully saturated rings. The van der Waals surface area contributed by atoms with E-state index in [1.54, 1.807) is 0 Å². The Morgan fingerprint density at radius 3 is 2.42 bits per heavy atom. The molecule has 0 heterocycles. The Balaban J connectivity index is 2.51. The maximum Gasteiger partial charge on any atom is 0.408 e. The predicted octanol–water partition coefficient (Wildman–Crippen LogP) is 2.04. The summed E-state index contributed by atoms with van der Waals surface area (Å²) in [5.74, 6) is 0.251. The lowest BCUT2D eigenvalue weighted by Gasteiger charge is -2.21. The SMILES string of the molecule is CC(C)CC(NC(=O)OCc1ccccc1)C(=O)NCC(C)CN. The molecule has 0 aliphatic rings. The van der Waals surface area contributed by atoms with Crippen LogP contribution in [0, 0.1) is 11.8 Å². The molecule has 0 bridgehead atoms. The Labute approximate surface area is 144 Å². The summed E-state index contributed by atoms with van der Waals surface area (Å²) in [5, 5.41) is 5.48. The second-order valence-corrected chi connectivity index (χ2v) is 6.47. The lowest BCUT2D eigenvalue weighted by Crippen LogP contribution is -2.48. The highest BCUT2D eigenvalue weighted by Gasteiger charge is 2.22. The molecule has 0 spiro atoms. The smallest absolute Gasteiger partial charge is 0.408 e. The van der Waals surface area contributed by atoms with Gasteiger partial charge in [0.1, 0.15) is 12.6 Å².